The lowest BCUT2D eigenvalue weighted by Gasteiger charge is -2.40. The van der Waals surface area contributed by atoms with Crippen molar-refractivity contribution in [1.29, 1.82) is 5.26 Å². The molecule has 0 unspecified atom stereocenters. The Morgan fingerprint density at radius 3 is 2.79 bits per heavy atom. The van der Waals surface area contributed by atoms with E-state index in [1.54, 1.807) is 6.07 Å². The molecule has 3 N–H and O–H groups in total. The van der Waals surface area contributed by atoms with Crippen LogP contribution >= 0.6 is 0 Å². The van der Waals surface area contributed by atoms with Crippen molar-refractivity contribution < 1.29 is 15.0 Å². The number of hydrogen-bond acceptors (Lipinski definition) is 7. The summed E-state index contributed by atoms with van der Waals surface area (Å²) in [6, 6.07) is 6.90. The molecular weight excluding hydrogens is 370 g/mol. The molecular formula is C21H23N5O3. The fourth-order valence-electron chi connectivity index (χ4n) is 4.36. The van der Waals surface area contributed by atoms with Crippen molar-refractivity contribution in [3.05, 3.63) is 34.9 Å². The minimum Gasteiger partial charge on any atom is -0.507 e. The molecule has 4 rings (SSSR count). The second kappa shape index (κ2) is 7.68. The van der Waals surface area contributed by atoms with Gasteiger partial charge in [-0.3, -0.25) is 4.79 Å². The van der Waals surface area contributed by atoms with E-state index in [9.17, 15) is 15.0 Å². The zero-order valence-corrected chi connectivity index (χ0v) is 16.2. The Kier molecular flexibility index (Phi) is 5.07. The lowest BCUT2D eigenvalue weighted by atomic mass is 9.95. The van der Waals surface area contributed by atoms with Crippen LogP contribution in [0.1, 0.15) is 36.0 Å². The molecule has 2 aromatic rings. The molecule has 29 heavy (non-hydrogen) atoms. The molecule has 1 aromatic carbocycles. The van der Waals surface area contributed by atoms with E-state index in [2.05, 4.69) is 20.4 Å². The Morgan fingerprint density at radius 1 is 1.31 bits per heavy atom. The normalized spacial score (nSPS) is 21.3. The van der Waals surface area contributed by atoms with Crippen molar-refractivity contribution in [1.82, 2.24) is 15.5 Å². The van der Waals surface area contributed by atoms with E-state index in [1.165, 1.54) is 6.07 Å². The SMILES string of the molecule is Cc1cc(C#N)cc(O)c1-c1cc2c(nn1)N([C@@H]1CC[C@H](C(=O)O)NC1)CCC2. The highest BCUT2D eigenvalue weighted by atomic mass is 16.4. The van der Waals surface area contributed by atoms with Crippen LogP contribution < -0.4 is 10.2 Å². The molecule has 3 heterocycles. The van der Waals surface area contributed by atoms with E-state index in [0.717, 1.165) is 42.8 Å². The molecule has 2 aliphatic rings. The van der Waals surface area contributed by atoms with Crippen molar-refractivity contribution in [2.45, 2.75) is 44.7 Å². The Bertz CT molecular complexity index is 969. The standard InChI is InChI=1S/C21H23N5O3/c1-12-7-13(10-22)8-18(27)19(12)17-9-14-3-2-6-26(20(14)25-24-17)15-4-5-16(21(28)29)23-11-15/h7-9,15-16,23,27H,2-6,11H2,1H3,(H,28,29)/t15-,16-/m1/s1. The number of piperidine rings is 1. The summed E-state index contributed by atoms with van der Waals surface area (Å²) < 4.78 is 0. The molecule has 0 radical (unpaired) electrons. The van der Waals surface area contributed by atoms with E-state index in [1.807, 2.05) is 19.1 Å². The molecule has 1 saturated heterocycles. The first-order valence-electron chi connectivity index (χ1n) is 9.81. The van der Waals surface area contributed by atoms with Gasteiger partial charge >= 0.3 is 5.97 Å². The van der Waals surface area contributed by atoms with Crippen molar-refractivity contribution in [3.8, 4) is 23.1 Å². The molecule has 8 heteroatoms. The van der Waals surface area contributed by atoms with Crippen LogP contribution in [-0.4, -0.2) is 51.6 Å². The number of aromatic nitrogens is 2. The highest BCUT2D eigenvalue weighted by Gasteiger charge is 2.32. The number of carboxylic acids is 1. The summed E-state index contributed by atoms with van der Waals surface area (Å²) >= 11 is 0. The maximum absolute atomic E-state index is 11.2. The van der Waals surface area contributed by atoms with Crippen LogP contribution in [0.4, 0.5) is 5.82 Å². The van der Waals surface area contributed by atoms with Gasteiger partial charge in [-0.1, -0.05) is 0 Å². The number of carbonyl (C=O) groups is 1. The first kappa shape index (κ1) is 19.2. The number of rotatable bonds is 3. The third kappa shape index (κ3) is 3.61. The quantitative estimate of drug-likeness (QED) is 0.724. The first-order valence-corrected chi connectivity index (χ1v) is 9.81. The maximum Gasteiger partial charge on any atom is 0.320 e. The van der Waals surface area contributed by atoms with E-state index < -0.39 is 12.0 Å². The monoisotopic (exact) mass is 393 g/mol. The number of phenols is 1. The third-order valence-corrected chi connectivity index (χ3v) is 5.80. The molecule has 1 aromatic heterocycles. The second-order valence-electron chi connectivity index (χ2n) is 7.70. The Morgan fingerprint density at radius 2 is 2.14 bits per heavy atom. The van der Waals surface area contributed by atoms with Crippen molar-refractivity contribution in [2.24, 2.45) is 0 Å². The number of benzene rings is 1. The van der Waals surface area contributed by atoms with Crippen LogP contribution in [-0.2, 0) is 11.2 Å². The molecule has 0 bridgehead atoms. The predicted molar refractivity (Wildman–Crippen MR) is 107 cm³/mol. The molecule has 8 nitrogen and oxygen atoms in total. The average Bonchev–Trinajstić information content (AvgIpc) is 2.72. The van der Waals surface area contributed by atoms with E-state index in [-0.39, 0.29) is 11.8 Å². The third-order valence-electron chi connectivity index (χ3n) is 5.80. The molecule has 0 saturated carbocycles. The molecule has 1 fully saturated rings. The van der Waals surface area contributed by atoms with Crippen molar-refractivity contribution in [3.63, 3.8) is 0 Å². The fourth-order valence-corrected chi connectivity index (χ4v) is 4.36. The smallest absolute Gasteiger partial charge is 0.320 e. The van der Waals surface area contributed by atoms with Gasteiger partial charge in [-0.15, -0.1) is 10.2 Å². The summed E-state index contributed by atoms with van der Waals surface area (Å²) in [5.41, 5.74) is 3.45. The first-order chi connectivity index (χ1) is 14.0. The number of carboxylic acid groups (broad SMARTS) is 1. The van der Waals surface area contributed by atoms with Crippen LogP contribution in [0.5, 0.6) is 5.75 Å². The van der Waals surface area contributed by atoms with Gasteiger partial charge < -0.3 is 20.4 Å². The van der Waals surface area contributed by atoms with Gasteiger partial charge in [0.05, 0.1) is 17.3 Å². The lowest BCUT2D eigenvalue weighted by Crippen LogP contribution is -2.53. The highest BCUT2D eigenvalue weighted by molar-refractivity contribution is 5.74. The maximum atomic E-state index is 11.2. The van der Waals surface area contributed by atoms with Crippen molar-refractivity contribution in [2.75, 3.05) is 18.0 Å². The molecule has 2 aliphatic heterocycles. The van der Waals surface area contributed by atoms with Gasteiger partial charge in [-0.2, -0.15) is 5.26 Å². The van der Waals surface area contributed by atoms with Gasteiger partial charge in [0, 0.05) is 24.7 Å². The Hall–Kier alpha value is -3.18. The van der Waals surface area contributed by atoms with Crippen LogP contribution in [0.3, 0.4) is 0 Å². The van der Waals surface area contributed by atoms with E-state index >= 15 is 0 Å². The second-order valence-corrected chi connectivity index (χ2v) is 7.70. The summed E-state index contributed by atoms with van der Waals surface area (Å²) in [4.78, 5) is 13.4. The van der Waals surface area contributed by atoms with Gasteiger partial charge in [0.2, 0.25) is 0 Å². The van der Waals surface area contributed by atoms with Crippen LogP contribution in [0, 0.1) is 18.3 Å². The van der Waals surface area contributed by atoms with Gasteiger partial charge in [-0.25, -0.2) is 0 Å². The van der Waals surface area contributed by atoms with Crippen LogP contribution in [0.15, 0.2) is 18.2 Å². The van der Waals surface area contributed by atoms with E-state index in [4.69, 9.17) is 5.26 Å². The zero-order chi connectivity index (χ0) is 20.5. The Balaban J connectivity index is 1.62. The minimum absolute atomic E-state index is 0.0275. The summed E-state index contributed by atoms with van der Waals surface area (Å²) in [6.45, 7) is 3.32. The molecule has 0 aliphatic carbocycles. The molecule has 0 amide bonds. The van der Waals surface area contributed by atoms with Gasteiger partial charge in [-0.05, 0) is 61.9 Å². The van der Waals surface area contributed by atoms with Crippen LogP contribution in [0.25, 0.3) is 11.3 Å². The number of nitrogens with one attached hydrogen (secondary N) is 1. The largest absolute Gasteiger partial charge is 0.507 e. The van der Waals surface area contributed by atoms with Gasteiger partial charge in [0.25, 0.3) is 0 Å². The summed E-state index contributed by atoms with van der Waals surface area (Å²) in [7, 11) is 0. The summed E-state index contributed by atoms with van der Waals surface area (Å²) in [6.07, 6.45) is 3.25. The number of hydrogen-bond donors (Lipinski definition) is 3. The predicted octanol–water partition coefficient (Wildman–Crippen LogP) is 1.99. The topological polar surface area (TPSA) is 122 Å². The van der Waals surface area contributed by atoms with Crippen LogP contribution in [0.2, 0.25) is 0 Å². The highest BCUT2D eigenvalue weighted by Crippen LogP contribution is 2.35. The number of nitrogens with zero attached hydrogens (tertiary/aromatic N) is 4. The number of nitriles is 1. The Labute approximate surface area is 168 Å². The fraction of sp³-hybridized carbons (Fsp3) is 0.429. The van der Waals surface area contributed by atoms with E-state index in [0.29, 0.717) is 29.8 Å². The molecule has 0 spiro atoms. The van der Waals surface area contributed by atoms with Gasteiger partial charge in [0.15, 0.2) is 5.82 Å². The number of aryl methyl sites for hydroxylation is 2. The van der Waals surface area contributed by atoms with Gasteiger partial charge in [0.1, 0.15) is 11.8 Å². The number of fused-ring (bicyclic) bond motifs is 1. The number of aromatic hydroxyl groups is 1. The lowest BCUT2D eigenvalue weighted by molar-refractivity contribution is -0.140. The minimum atomic E-state index is -0.801. The summed E-state index contributed by atoms with van der Waals surface area (Å²) in [5, 5.41) is 40.6. The average molecular weight is 393 g/mol. The molecule has 150 valence electrons. The number of phenolic OH excluding ortho intramolecular Hbond substituents is 1. The number of aliphatic carboxylic acids is 1. The number of anilines is 1. The zero-order valence-electron chi connectivity index (χ0n) is 16.2. The summed E-state index contributed by atoms with van der Waals surface area (Å²) in [5.74, 6) is 0.0653. The molecule has 2 atom stereocenters. The van der Waals surface area contributed by atoms with Crippen molar-refractivity contribution >= 4 is 11.8 Å².